The number of carboxylic acid groups (broad SMARTS) is 1. The Bertz CT molecular complexity index is 977. The fraction of sp³-hybridized carbons (Fsp3) is 0.222. The molecule has 0 radical (unpaired) electrons. The maximum Gasteiger partial charge on any atom is 0.323 e. The first kappa shape index (κ1) is 19.8. The summed E-state index contributed by atoms with van der Waals surface area (Å²) < 4.78 is 39.2. The second-order valence-electron chi connectivity index (χ2n) is 6.22. The van der Waals surface area contributed by atoms with Gasteiger partial charge < -0.3 is 15.7 Å². The van der Waals surface area contributed by atoms with E-state index in [0.717, 1.165) is 4.31 Å². The van der Waals surface area contributed by atoms with E-state index >= 15 is 0 Å². The fourth-order valence-corrected chi connectivity index (χ4v) is 4.60. The van der Waals surface area contributed by atoms with Gasteiger partial charge in [-0.2, -0.15) is 4.31 Å². The van der Waals surface area contributed by atoms with Crippen molar-refractivity contribution >= 4 is 33.4 Å². The summed E-state index contributed by atoms with van der Waals surface area (Å²) >= 11 is 0. The number of sulfonamides is 1. The third-order valence-electron chi connectivity index (χ3n) is 4.31. The Morgan fingerprint density at radius 3 is 2.07 bits per heavy atom. The van der Waals surface area contributed by atoms with E-state index in [-0.39, 0.29) is 17.9 Å². The van der Waals surface area contributed by atoms with E-state index in [1.807, 2.05) is 0 Å². The Hall–Kier alpha value is -2.98. The van der Waals surface area contributed by atoms with Gasteiger partial charge in [0.15, 0.2) is 0 Å². The number of benzene rings is 2. The number of anilines is 2. The van der Waals surface area contributed by atoms with Crippen molar-refractivity contribution in [2.24, 2.45) is 0 Å². The van der Waals surface area contributed by atoms with Crippen LogP contribution in [-0.2, 0) is 14.8 Å². The van der Waals surface area contributed by atoms with Gasteiger partial charge in [0.25, 0.3) is 0 Å². The molecule has 2 amide bonds. The highest BCUT2D eigenvalue weighted by atomic mass is 32.2. The fourth-order valence-electron chi connectivity index (χ4n) is 2.95. The first-order valence-corrected chi connectivity index (χ1v) is 9.90. The number of amides is 2. The van der Waals surface area contributed by atoms with Crippen molar-refractivity contribution in [2.45, 2.75) is 23.8 Å². The molecular formula is C18H18FN3O5S. The summed E-state index contributed by atoms with van der Waals surface area (Å²) in [5.74, 6) is -1.59. The maximum atomic E-state index is 12.9. The van der Waals surface area contributed by atoms with Crippen molar-refractivity contribution in [1.82, 2.24) is 4.31 Å². The van der Waals surface area contributed by atoms with Gasteiger partial charge in [0, 0.05) is 17.9 Å². The predicted octanol–water partition coefficient (Wildman–Crippen LogP) is 2.71. The van der Waals surface area contributed by atoms with Crippen LogP contribution in [0.5, 0.6) is 0 Å². The van der Waals surface area contributed by atoms with Crippen LogP contribution >= 0.6 is 0 Å². The van der Waals surface area contributed by atoms with E-state index in [1.165, 1.54) is 48.5 Å². The SMILES string of the molecule is O=C(Nc1ccc(F)cc1)Nc1ccc(S(=O)(=O)N2CCC[C@H]2C(=O)O)cc1. The lowest BCUT2D eigenvalue weighted by atomic mass is 10.2. The average Bonchev–Trinajstić information content (AvgIpc) is 3.15. The second-order valence-corrected chi connectivity index (χ2v) is 8.11. The molecule has 2 aromatic rings. The molecule has 1 atom stereocenters. The Balaban J connectivity index is 1.68. The summed E-state index contributed by atoms with van der Waals surface area (Å²) in [5.41, 5.74) is 0.738. The van der Waals surface area contributed by atoms with Crippen LogP contribution in [0, 0.1) is 5.82 Å². The largest absolute Gasteiger partial charge is 0.480 e. The molecule has 28 heavy (non-hydrogen) atoms. The molecule has 0 saturated carbocycles. The predicted molar refractivity (Wildman–Crippen MR) is 100 cm³/mol. The lowest BCUT2D eigenvalue weighted by Crippen LogP contribution is -2.40. The van der Waals surface area contributed by atoms with Crippen LogP contribution in [0.15, 0.2) is 53.4 Å². The number of urea groups is 1. The smallest absolute Gasteiger partial charge is 0.323 e. The molecule has 0 spiro atoms. The van der Waals surface area contributed by atoms with Gasteiger partial charge in [-0.3, -0.25) is 4.79 Å². The molecule has 0 bridgehead atoms. The van der Waals surface area contributed by atoms with Gasteiger partial charge in [-0.25, -0.2) is 17.6 Å². The van der Waals surface area contributed by atoms with Crippen molar-refractivity contribution in [3.05, 3.63) is 54.3 Å². The lowest BCUT2D eigenvalue weighted by Gasteiger charge is -2.21. The minimum absolute atomic E-state index is 0.0508. The van der Waals surface area contributed by atoms with E-state index in [4.69, 9.17) is 0 Å². The third kappa shape index (κ3) is 4.29. The van der Waals surface area contributed by atoms with Gasteiger partial charge >= 0.3 is 12.0 Å². The molecule has 8 nitrogen and oxygen atoms in total. The molecular weight excluding hydrogens is 389 g/mol. The molecule has 2 aromatic carbocycles. The number of nitrogens with zero attached hydrogens (tertiary/aromatic N) is 1. The molecule has 0 aliphatic carbocycles. The van der Waals surface area contributed by atoms with Crippen LogP contribution in [0.2, 0.25) is 0 Å². The number of rotatable bonds is 5. The van der Waals surface area contributed by atoms with Gasteiger partial charge in [-0.1, -0.05) is 0 Å². The van der Waals surface area contributed by atoms with Crippen molar-refractivity contribution in [1.29, 1.82) is 0 Å². The second kappa shape index (κ2) is 7.95. The molecule has 148 valence electrons. The Morgan fingerprint density at radius 1 is 1.00 bits per heavy atom. The van der Waals surface area contributed by atoms with Crippen LogP contribution in [0.3, 0.4) is 0 Å². The zero-order valence-corrected chi connectivity index (χ0v) is 15.4. The highest BCUT2D eigenvalue weighted by molar-refractivity contribution is 7.89. The minimum Gasteiger partial charge on any atom is -0.480 e. The molecule has 1 fully saturated rings. The standard InChI is InChI=1S/C18H18FN3O5S/c19-12-3-5-13(6-4-12)20-18(25)21-14-7-9-15(10-8-14)28(26,27)22-11-1-2-16(22)17(23)24/h3-10,16H,1-2,11H2,(H,23,24)(H2,20,21,25)/t16-/m0/s1. The molecule has 0 aromatic heterocycles. The van der Waals surface area contributed by atoms with Crippen LogP contribution in [0.4, 0.5) is 20.6 Å². The van der Waals surface area contributed by atoms with Crippen LogP contribution in [0.25, 0.3) is 0 Å². The zero-order chi connectivity index (χ0) is 20.3. The summed E-state index contributed by atoms with van der Waals surface area (Å²) in [6.07, 6.45) is 0.761. The van der Waals surface area contributed by atoms with Gasteiger partial charge in [0.2, 0.25) is 10.0 Å². The molecule has 1 aliphatic rings. The number of halogens is 1. The van der Waals surface area contributed by atoms with E-state index in [0.29, 0.717) is 17.8 Å². The van der Waals surface area contributed by atoms with Gasteiger partial charge in [-0.15, -0.1) is 0 Å². The molecule has 1 aliphatic heterocycles. The quantitative estimate of drug-likeness (QED) is 0.705. The number of nitrogens with one attached hydrogen (secondary N) is 2. The summed E-state index contributed by atoms with van der Waals surface area (Å²) in [5, 5.41) is 14.2. The number of aliphatic carboxylic acids is 1. The number of hydrogen-bond acceptors (Lipinski definition) is 4. The van der Waals surface area contributed by atoms with E-state index in [9.17, 15) is 27.5 Å². The number of carbonyl (C=O) groups excluding carboxylic acids is 1. The van der Waals surface area contributed by atoms with Crippen LogP contribution in [-0.4, -0.2) is 42.4 Å². The monoisotopic (exact) mass is 407 g/mol. The molecule has 3 N–H and O–H groups in total. The average molecular weight is 407 g/mol. The first-order valence-electron chi connectivity index (χ1n) is 8.45. The van der Waals surface area contributed by atoms with Gasteiger partial charge in [0.1, 0.15) is 11.9 Å². The molecule has 1 heterocycles. The first-order chi connectivity index (χ1) is 13.3. The van der Waals surface area contributed by atoms with E-state index < -0.39 is 33.9 Å². The highest BCUT2D eigenvalue weighted by Gasteiger charge is 2.39. The normalized spacial score (nSPS) is 17.2. The molecule has 1 saturated heterocycles. The number of carboxylic acids is 1. The highest BCUT2D eigenvalue weighted by Crippen LogP contribution is 2.27. The Labute approximate surface area is 161 Å². The number of carbonyl (C=O) groups is 2. The Morgan fingerprint density at radius 2 is 1.54 bits per heavy atom. The van der Waals surface area contributed by atoms with Crippen molar-refractivity contribution in [3.8, 4) is 0 Å². The third-order valence-corrected chi connectivity index (χ3v) is 6.23. The summed E-state index contributed by atoms with van der Waals surface area (Å²) in [7, 11) is -3.94. The van der Waals surface area contributed by atoms with E-state index in [2.05, 4.69) is 10.6 Å². The van der Waals surface area contributed by atoms with E-state index in [1.54, 1.807) is 0 Å². The zero-order valence-electron chi connectivity index (χ0n) is 14.6. The summed E-state index contributed by atoms with van der Waals surface area (Å²) in [6.45, 7) is 0.152. The summed E-state index contributed by atoms with van der Waals surface area (Å²) in [4.78, 5) is 23.2. The summed E-state index contributed by atoms with van der Waals surface area (Å²) in [6, 6.07) is 9.00. The molecule has 3 rings (SSSR count). The minimum atomic E-state index is -3.94. The molecule has 0 unspecified atom stereocenters. The van der Waals surface area contributed by atoms with Gasteiger partial charge in [-0.05, 0) is 61.4 Å². The van der Waals surface area contributed by atoms with Crippen LogP contribution in [0.1, 0.15) is 12.8 Å². The van der Waals surface area contributed by atoms with Crippen LogP contribution < -0.4 is 10.6 Å². The molecule has 10 heteroatoms. The lowest BCUT2D eigenvalue weighted by molar-refractivity contribution is -0.140. The topological polar surface area (TPSA) is 116 Å². The van der Waals surface area contributed by atoms with Crippen molar-refractivity contribution in [3.63, 3.8) is 0 Å². The van der Waals surface area contributed by atoms with Gasteiger partial charge in [0.05, 0.1) is 4.90 Å². The number of hydrogen-bond donors (Lipinski definition) is 3. The van der Waals surface area contributed by atoms with Crippen molar-refractivity contribution < 1.29 is 27.5 Å². The van der Waals surface area contributed by atoms with Crippen molar-refractivity contribution in [2.75, 3.05) is 17.2 Å². The Kier molecular flexibility index (Phi) is 5.61. The maximum absolute atomic E-state index is 12.9.